The molecule has 0 unspecified atom stereocenters. The Morgan fingerprint density at radius 2 is 2.11 bits per heavy atom. The highest BCUT2D eigenvalue weighted by molar-refractivity contribution is 7.89. The molecule has 190 valence electrons. The number of sulfonamides is 1. The minimum atomic E-state index is -3.84. The second kappa shape index (κ2) is 11.2. The number of carbonyl (C=O) groups is 1. The Balaban J connectivity index is 1.97. The van der Waals surface area contributed by atoms with E-state index in [9.17, 15) is 18.3 Å². The van der Waals surface area contributed by atoms with Gasteiger partial charge in [0.25, 0.3) is 15.9 Å². The lowest BCUT2D eigenvalue weighted by Crippen LogP contribution is -2.50. The van der Waals surface area contributed by atoms with Crippen LogP contribution in [0.15, 0.2) is 29.8 Å². The average molecular weight is 504 g/mol. The Bertz CT molecular complexity index is 1220. The fraction of sp³-hybridized carbons (Fsp3) is 0.542. The number of aliphatic hydroxyl groups is 1. The topological polar surface area (TPSA) is 118 Å². The van der Waals surface area contributed by atoms with Crippen molar-refractivity contribution in [2.24, 2.45) is 13.0 Å². The zero-order valence-electron chi connectivity index (χ0n) is 20.8. The van der Waals surface area contributed by atoms with E-state index < -0.39 is 22.2 Å². The fourth-order valence-corrected chi connectivity index (χ4v) is 4.85. The van der Waals surface area contributed by atoms with E-state index in [0.717, 1.165) is 12.8 Å². The molecule has 35 heavy (non-hydrogen) atoms. The van der Waals surface area contributed by atoms with Gasteiger partial charge in [0.2, 0.25) is 5.88 Å². The number of likely N-dealkylation sites (N-methyl/N-ethyl adjacent to an activating group) is 1. The van der Waals surface area contributed by atoms with Crippen LogP contribution in [0.1, 0.15) is 49.5 Å². The Kier molecular flexibility index (Phi) is 8.53. The zero-order valence-corrected chi connectivity index (χ0v) is 21.6. The van der Waals surface area contributed by atoms with Crippen molar-refractivity contribution in [1.82, 2.24) is 23.7 Å². The third-order valence-electron chi connectivity index (χ3n) is 5.92. The third kappa shape index (κ3) is 6.01. The van der Waals surface area contributed by atoms with Crippen LogP contribution in [0.25, 0.3) is 0 Å². The number of fused-ring (bicyclic) bond motifs is 1. The summed E-state index contributed by atoms with van der Waals surface area (Å²) in [5.41, 5.74) is 0.825. The molecule has 11 heteroatoms. The zero-order chi connectivity index (χ0) is 25.8. The maximum absolute atomic E-state index is 13.4. The molecule has 1 aliphatic heterocycles. The number of aliphatic hydroxyl groups excluding tert-OH is 1. The molecule has 0 saturated heterocycles. The highest BCUT2D eigenvalue weighted by Gasteiger charge is 2.36. The Labute approximate surface area is 207 Å². The number of imidazole rings is 1. The summed E-state index contributed by atoms with van der Waals surface area (Å²) in [4.78, 5) is 23.3. The predicted octanol–water partition coefficient (Wildman–Crippen LogP) is 1.51. The Morgan fingerprint density at radius 1 is 1.37 bits per heavy atom. The van der Waals surface area contributed by atoms with Crippen molar-refractivity contribution >= 4 is 15.9 Å². The van der Waals surface area contributed by atoms with Gasteiger partial charge in [-0.15, -0.1) is 0 Å². The lowest BCUT2D eigenvalue weighted by atomic mass is 10.0. The van der Waals surface area contributed by atoms with Crippen LogP contribution in [0.3, 0.4) is 0 Å². The lowest BCUT2D eigenvalue weighted by Gasteiger charge is -2.37. The van der Waals surface area contributed by atoms with Crippen LogP contribution >= 0.6 is 0 Å². The number of amides is 1. The van der Waals surface area contributed by atoms with Crippen LogP contribution < -0.4 is 4.74 Å². The van der Waals surface area contributed by atoms with Gasteiger partial charge in [0.05, 0.1) is 25.5 Å². The first-order valence-electron chi connectivity index (χ1n) is 11.6. The number of nitrogens with zero attached hydrogens (tertiary/aromatic N) is 5. The summed E-state index contributed by atoms with van der Waals surface area (Å²) < 4.78 is 35.0. The van der Waals surface area contributed by atoms with Gasteiger partial charge in [0.15, 0.2) is 5.03 Å². The Morgan fingerprint density at radius 3 is 2.74 bits per heavy atom. The summed E-state index contributed by atoms with van der Waals surface area (Å²) >= 11 is 0. The lowest BCUT2D eigenvalue weighted by molar-refractivity contribution is 0.0373. The SMILES string of the molecule is CCCC#Cc1cnc2c(c1)C(=O)N([C@H](C)CO)C[C@H](C)[C@@H](CN(C)S(=O)(=O)c1cn(C)cn1)O2. The summed E-state index contributed by atoms with van der Waals surface area (Å²) in [6, 6.07) is 1.20. The first-order valence-corrected chi connectivity index (χ1v) is 13.0. The number of ether oxygens (including phenoxy) is 1. The second-order valence-electron chi connectivity index (χ2n) is 8.91. The molecule has 1 aliphatic rings. The summed E-state index contributed by atoms with van der Waals surface area (Å²) in [6.07, 6.45) is 5.46. The van der Waals surface area contributed by atoms with Crippen LogP contribution in [-0.4, -0.2) is 82.1 Å². The monoisotopic (exact) mass is 503 g/mol. The van der Waals surface area contributed by atoms with Gasteiger partial charge in [-0.2, -0.15) is 4.31 Å². The average Bonchev–Trinajstić information content (AvgIpc) is 3.28. The van der Waals surface area contributed by atoms with Gasteiger partial charge in [0, 0.05) is 50.9 Å². The standard InChI is InChI=1S/C24H33N5O5S/c1-6-7-8-9-19-10-20-23(25-11-19)34-21(17(2)12-29(24(20)31)18(3)15-30)13-28(5)35(32,33)22-14-27(4)16-26-22/h10-11,14,16-18,21,30H,6-7,12-13,15H2,1-5H3/t17-,18+,21+/m0/s1. The molecule has 2 aromatic rings. The van der Waals surface area contributed by atoms with Gasteiger partial charge >= 0.3 is 0 Å². The van der Waals surface area contributed by atoms with Crippen molar-refractivity contribution < 1.29 is 23.1 Å². The van der Waals surface area contributed by atoms with E-state index >= 15 is 0 Å². The number of hydrogen-bond acceptors (Lipinski definition) is 7. The van der Waals surface area contributed by atoms with Crippen LogP contribution in [0.2, 0.25) is 0 Å². The number of hydrogen-bond donors (Lipinski definition) is 1. The third-order valence-corrected chi connectivity index (χ3v) is 7.63. The second-order valence-corrected chi connectivity index (χ2v) is 10.9. The molecule has 1 amide bonds. The van der Waals surface area contributed by atoms with E-state index in [2.05, 4.69) is 21.8 Å². The summed E-state index contributed by atoms with van der Waals surface area (Å²) in [7, 11) is -0.673. The number of aryl methyl sites for hydroxylation is 1. The smallest absolute Gasteiger partial charge is 0.261 e. The van der Waals surface area contributed by atoms with Crippen molar-refractivity contribution in [2.45, 2.75) is 50.8 Å². The van der Waals surface area contributed by atoms with Gasteiger partial charge in [-0.05, 0) is 19.4 Å². The molecule has 3 rings (SSSR count). The van der Waals surface area contributed by atoms with E-state index in [1.807, 2.05) is 13.8 Å². The molecule has 3 atom stereocenters. The summed E-state index contributed by atoms with van der Waals surface area (Å²) in [5, 5.41) is 9.73. The highest BCUT2D eigenvalue weighted by Crippen LogP contribution is 2.28. The van der Waals surface area contributed by atoms with Crippen LogP contribution in [0.4, 0.5) is 0 Å². The van der Waals surface area contributed by atoms with Gasteiger partial charge in [-0.1, -0.05) is 25.7 Å². The Hall–Kier alpha value is -2.94. The van der Waals surface area contributed by atoms with E-state index in [1.165, 1.54) is 23.9 Å². The number of carbonyl (C=O) groups excluding carboxylic acids is 1. The van der Waals surface area contributed by atoms with Crippen LogP contribution in [0, 0.1) is 17.8 Å². The number of aromatic nitrogens is 3. The minimum absolute atomic E-state index is 0.0226. The maximum atomic E-state index is 13.4. The van der Waals surface area contributed by atoms with Gasteiger partial charge < -0.3 is 19.3 Å². The quantitative estimate of drug-likeness (QED) is 0.569. The molecule has 0 aromatic carbocycles. The summed E-state index contributed by atoms with van der Waals surface area (Å²) in [5.74, 6) is 5.61. The van der Waals surface area contributed by atoms with E-state index in [-0.39, 0.29) is 48.0 Å². The molecule has 2 aromatic heterocycles. The molecule has 0 spiro atoms. The van der Waals surface area contributed by atoms with Crippen molar-refractivity contribution in [3.63, 3.8) is 0 Å². The number of unbranched alkanes of at least 4 members (excludes halogenated alkanes) is 1. The maximum Gasteiger partial charge on any atom is 0.261 e. The van der Waals surface area contributed by atoms with Crippen molar-refractivity contribution in [1.29, 1.82) is 0 Å². The predicted molar refractivity (Wildman–Crippen MR) is 130 cm³/mol. The van der Waals surface area contributed by atoms with E-state index in [0.29, 0.717) is 5.56 Å². The molecule has 0 saturated carbocycles. The first-order chi connectivity index (χ1) is 16.6. The van der Waals surface area contributed by atoms with Crippen LogP contribution in [-0.2, 0) is 17.1 Å². The molecule has 0 fully saturated rings. The normalized spacial score (nSPS) is 19.3. The molecule has 3 heterocycles. The van der Waals surface area contributed by atoms with Gasteiger partial charge in [-0.3, -0.25) is 4.79 Å². The largest absolute Gasteiger partial charge is 0.472 e. The molecular formula is C24H33N5O5S. The molecular weight excluding hydrogens is 470 g/mol. The van der Waals surface area contributed by atoms with Crippen molar-refractivity contribution in [2.75, 3.05) is 26.7 Å². The van der Waals surface area contributed by atoms with Gasteiger partial charge in [0.1, 0.15) is 11.7 Å². The summed E-state index contributed by atoms with van der Waals surface area (Å²) in [6.45, 7) is 5.76. The molecule has 1 N–H and O–H groups in total. The van der Waals surface area contributed by atoms with E-state index in [1.54, 1.807) is 35.7 Å². The minimum Gasteiger partial charge on any atom is -0.472 e. The highest BCUT2D eigenvalue weighted by atomic mass is 32.2. The van der Waals surface area contributed by atoms with Crippen molar-refractivity contribution in [3.05, 3.63) is 35.9 Å². The molecule has 10 nitrogen and oxygen atoms in total. The fourth-order valence-electron chi connectivity index (χ4n) is 3.71. The first kappa shape index (κ1) is 26.7. The molecule has 0 aliphatic carbocycles. The number of pyridine rings is 1. The van der Waals surface area contributed by atoms with Gasteiger partial charge in [-0.25, -0.2) is 18.4 Å². The van der Waals surface area contributed by atoms with Crippen LogP contribution in [0.5, 0.6) is 5.88 Å². The van der Waals surface area contributed by atoms with E-state index in [4.69, 9.17) is 4.74 Å². The molecule has 0 radical (unpaired) electrons. The molecule has 0 bridgehead atoms. The van der Waals surface area contributed by atoms with Crippen molar-refractivity contribution in [3.8, 4) is 17.7 Å². The number of rotatable bonds is 7.